The molecule has 0 aliphatic heterocycles. The van der Waals surface area contributed by atoms with Crippen LogP contribution in [0.5, 0.6) is 5.75 Å². The minimum Gasteiger partial charge on any atom is -0.490 e. The summed E-state index contributed by atoms with van der Waals surface area (Å²) in [5.41, 5.74) is 3.90. The van der Waals surface area contributed by atoms with Crippen molar-refractivity contribution < 1.29 is 13.9 Å². The number of carbonyl (C=O) groups excluding carboxylic acids is 1. The molecule has 0 radical (unpaired) electrons. The molecule has 0 atom stereocenters. The Morgan fingerprint density at radius 1 is 1.10 bits per heavy atom. The predicted octanol–water partition coefficient (Wildman–Crippen LogP) is 5.79. The zero-order valence-electron chi connectivity index (χ0n) is 16.0. The molecule has 1 N–H and O–H groups in total. The number of furan rings is 1. The standard InChI is InChI=1S/C23H19ClN2O3/c1-14(2)28-21-9-7-15-5-3-4-6-18(15)19(21)13-25-26-23(27)22-12-16-11-17(24)8-10-20(16)29-22/h3-14H,1-2H3,(H,26,27)/b25-13+. The lowest BCUT2D eigenvalue weighted by molar-refractivity contribution is 0.0929. The zero-order valence-corrected chi connectivity index (χ0v) is 16.7. The van der Waals surface area contributed by atoms with Gasteiger partial charge in [0.15, 0.2) is 5.76 Å². The number of nitrogens with zero attached hydrogens (tertiary/aromatic N) is 1. The molecule has 3 aromatic carbocycles. The van der Waals surface area contributed by atoms with E-state index in [1.807, 2.05) is 50.2 Å². The van der Waals surface area contributed by atoms with Crippen molar-refractivity contribution in [3.05, 3.63) is 77.0 Å². The van der Waals surface area contributed by atoms with Gasteiger partial charge in [0.25, 0.3) is 0 Å². The second-order valence-electron chi connectivity index (χ2n) is 6.86. The minimum absolute atomic E-state index is 0.0141. The highest BCUT2D eigenvalue weighted by molar-refractivity contribution is 6.31. The van der Waals surface area contributed by atoms with E-state index in [0.29, 0.717) is 16.4 Å². The Balaban J connectivity index is 1.61. The van der Waals surface area contributed by atoms with E-state index in [1.54, 1.807) is 30.5 Å². The first-order chi connectivity index (χ1) is 14.0. The first kappa shape index (κ1) is 19.0. The molecule has 0 saturated heterocycles. The number of hydrogen-bond donors (Lipinski definition) is 1. The van der Waals surface area contributed by atoms with E-state index in [4.69, 9.17) is 20.8 Å². The molecule has 0 spiro atoms. The van der Waals surface area contributed by atoms with Crippen molar-refractivity contribution >= 4 is 45.5 Å². The number of amides is 1. The predicted molar refractivity (Wildman–Crippen MR) is 116 cm³/mol. The van der Waals surface area contributed by atoms with E-state index in [1.165, 1.54) is 0 Å². The van der Waals surface area contributed by atoms with Gasteiger partial charge >= 0.3 is 5.91 Å². The smallest absolute Gasteiger partial charge is 0.307 e. The van der Waals surface area contributed by atoms with E-state index in [9.17, 15) is 4.79 Å². The number of nitrogens with one attached hydrogen (secondary N) is 1. The van der Waals surface area contributed by atoms with Crippen LogP contribution in [0.25, 0.3) is 21.7 Å². The van der Waals surface area contributed by atoms with Crippen LogP contribution in [0.15, 0.2) is 70.2 Å². The van der Waals surface area contributed by atoms with Crippen LogP contribution in [0, 0.1) is 0 Å². The summed E-state index contributed by atoms with van der Waals surface area (Å²) in [7, 11) is 0. The molecule has 1 amide bonds. The Kier molecular flexibility index (Phi) is 5.23. The quantitative estimate of drug-likeness (QED) is 0.337. The molecule has 0 unspecified atom stereocenters. The Labute approximate surface area is 172 Å². The topological polar surface area (TPSA) is 63.8 Å². The summed E-state index contributed by atoms with van der Waals surface area (Å²) < 4.78 is 11.5. The highest BCUT2D eigenvalue weighted by Crippen LogP contribution is 2.27. The van der Waals surface area contributed by atoms with Gasteiger partial charge in [-0.1, -0.05) is 41.9 Å². The van der Waals surface area contributed by atoms with E-state index < -0.39 is 5.91 Å². The van der Waals surface area contributed by atoms with Crippen molar-refractivity contribution in [1.29, 1.82) is 0 Å². The number of carbonyl (C=O) groups is 1. The van der Waals surface area contributed by atoms with Gasteiger partial charge in [-0.2, -0.15) is 5.10 Å². The summed E-state index contributed by atoms with van der Waals surface area (Å²) in [5.74, 6) is 0.422. The number of hydrogen-bond acceptors (Lipinski definition) is 4. The Morgan fingerprint density at radius 3 is 2.76 bits per heavy atom. The average Bonchev–Trinajstić information content (AvgIpc) is 3.12. The van der Waals surface area contributed by atoms with Crippen LogP contribution in [-0.2, 0) is 0 Å². The second kappa shape index (κ2) is 7.97. The number of benzene rings is 3. The number of hydrazone groups is 1. The second-order valence-corrected chi connectivity index (χ2v) is 7.29. The number of halogens is 1. The molecule has 6 heteroatoms. The minimum atomic E-state index is -0.444. The SMILES string of the molecule is CC(C)Oc1ccc2ccccc2c1/C=N/NC(=O)c1cc2cc(Cl)ccc2o1. The molecule has 1 heterocycles. The average molecular weight is 407 g/mol. The van der Waals surface area contributed by atoms with Crippen molar-refractivity contribution in [2.75, 3.05) is 0 Å². The van der Waals surface area contributed by atoms with Crippen LogP contribution in [0.1, 0.15) is 30.0 Å². The molecule has 0 aliphatic carbocycles. The molecule has 4 rings (SSSR count). The van der Waals surface area contributed by atoms with Gasteiger partial charge in [-0.25, -0.2) is 5.43 Å². The van der Waals surface area contributed by atoms with Crippen LogP contribution in [0.2, 0.25) is 5.02 Å². The molecule has 1 aromatic heterocycles. The van der Waals surface area contributed by atoms with Gasteiger partial charge in [0, 0.05) is 16.0 Å². The molecule has 4 aromatic rings. The maximum Gasteiger partial charge on any atom is 0.307 e. The van der Waals surface area contributed by atoms with Crippen molar-refractivity contribution in [3.8, 4) is 5.75 Å². The largest absolute Gasteiger partial charge is 0.490 e. The zero-order chi connectivity index (χ0) is 20.4. The fraction of sp³-hybridized carbons (Fsp3) is 0.130. The van der Waals surface area contributed by atoms with Gasteiger partial charge in [0.2, 0.25) is 0 Å². The Hall–Kier alpha value is -3.31. The normalized spacial score (nSPS) is 11.6. The van der Waals surface area contributed by atoms with E-state index in [0.717, 1.165) is 21.7 Å². The highest BCUT2D eigenvalue weighted by Gasteiger charge is 2.13. The lowest BCUT2D eigenvalue weighted by atomic mass is 10.0. The molecule has 29 heavy (non-hydrogen) atoms. The lowest BCUT2D eigenvalue weighted by Crippen LogP contribution is -2.17. The van der Waals surface area contributed by atoms with Gasteiger partial charge in [-0.05, 0) is 55.0 Å². The fourth-order valence-corrected chi connectivity index (χ4v) is 3.28. The third kappa shape index (κ3) is 4.10. The molecule has 0 aliphatic rings. The van der Waals surface area contributed by atoms with Crippen molar-refractivity contribution in [2.24, 2.45) is 5.10 Å². The monoisotopic (exact) mass is 406 g/mol. The Bertz CT molecular complexity index is 1230. The van der Waals surface area contributed by atoms with Crippen LogP contribution in [0.4, 0.5) is 0 Å². The first-order valence-electron chi connectivity index (χ1n) is 9.22. The summed E-state index contributed by atoms with van der Waals surface area (Å²) in [5, 5.41) is 7.52. The van der Waals surface area contributed by atoms with Crippen molar-refractivity contribution in [3.63, 3.8) is 0 Å². The van der Waals surface area contributed by atoms with Crippen LogP contribution in [-0.4, -0.2) is 18.2 Å². The number of rotatable bonds is 5. The lowest BCUT2D eigenvalue weighted by Gasteiger charge is -2.14. The van der Waals surface area contributed by atoms with E-state index in [2.05, 4.69) is 10.5 Å². The fourth-order valence-electron chi connectivity index (χ4n) is 3.10. The summed E-state index contributed by atoms with van der Waals surface area (Å²) >= 11 is 5.98. The third-order valence-electron chi connectivity index (χ3n) is 4.36. The summed E-state index contributed by atoms with van der Waals surface area (Å²) in [6.45, 7) is 3.93. The summed E-state index contributed by atoms with van der Waals surface area (Å²) in [6.07, 6.45) is 1.61. The summed E-state index contributed by atoms with van der Waals surface area (Å²) in [6, 6.07) is 18.7. The van der Waals surface area contributed by atoms with E-state index in [-0.39, 0.29) is 11.9 Å². The van der Waals surface area contributed by atoms with Gasteiger partial charge in [-0.15, -0.1) is 0 Å². The maximum absolute atomic E-state index is 12.4. The van der Waals surface area contributed by atoms with Crippen LogP contribution in [0.3, 0.4) is 0 Å². The Morgan fingerprint density at radius 2 is 1.93 bits per heavy atom. The molecule has 0 bridgehead atoms. The molecule has 0 fully saturated rings. The van der Waals surface area contributed by atoms with Crippen molar-refractivity contribution in [2.45, 2.75) is 20.0 Å². The highest BCUT2D eigenvalue weighted by atomic mass is 35.5. The number of ether oxygens (including phenoxy) is 1. The molecule has 0 saturated carbocycles. The third-order valence-corrected chi connectivity index (χ3v) is 4.59. The van der Waals surface area contributed by atoms with Crippen LogP contribution >= 0.6 is 11.6 Å². The molecular formula is C23H19ClN2O3. The van der Waals surface area contributed by atoms with Gasteiger partial charge in [0.1, 0.15) is 11.3 Å². The van der Waals surface area contributed by atoms with Crippen molar-refractivity contribution in [1.82, 2.24) is 5.43 Å². The van der Waals surface area contributed by atoms with E-state index >= 15 is 0 Å². The maximum atomic E-state index is 12.4. The molecule has 5 nitrogen and oxygen atoms in total. The number of fused-ring (bicyclic) bond motifs is 2. The van der Waals surface area contributed by atoms with Gasteiger partial charge < -0.3 is 9.15 Å². The first-order valence-corrected chi connectivity index (χ1v) is 9.60. The van der Waals surface area contributed by atoms with Crippen LogP contribution < -0.4 is 10.2 Å². The van der Waals surface area contributed by atoms with Gasteiger partial charge in [-0.3, -0.25) is 4.79 Å². The summed E-state index contributed by atoms with van der Waals surface area (Å²) in [4.78, 5) is 12.4. The molecule has 146 valence electrons. The van der Waals surface area contributed by atoms with Gasteiger partial charge in [0.05, 0.1) is 12.3 Å². The molecular weight excluding hydrogens is 388 g/mol.